The lowest BCUT2D eigenvalue weighted by Crippen LogP contribution is -2.49. The van der Waals surface area contributed by atoms with Crippen LogP contribution in [0.2, 0.25) is 5.02 Å². The number of carbonyl (C=O) groups is 1. The zero-order valence-electron chi connectivity index (χ0n) is 16.8. The van der Waals surface area contributed by atoms with Gasteiger partial charge in [-0.05, 0) is 73.6 Å². The second-order valence-electron chi connectivity index (χ2n) is 8.99. The second-order valence-corrected chi connectivity index (χ2v) is 9.43. The largest absolute Gasteiger partial charge is 0.487 e. The number of hydrogen-bond acceptors (Lipinski definition) is 4. The van der Waals surface area contributed by atoms with Gasteiger partial charge in [0.05, 0.1) is 0 Å². The Kier molecular flexibility index (Phi) is 3.82. The van der Waals surface area contributed by atoms with Crippen molar-refractivity contribution in [1.29, 1.82) is 0 Å². The van der Waals surface area contributed by atoms with Gasteiger partial charge in [0.2, 0.25) is 0 Å². The number of likely N-dealkylation sites (N-methyl/N-ethyl adjacent to an activating group) is 1. The van der Waals surface area contributed by atoms with Crippen LogP contribution in [-0.4, -0.2) is 29.4 Å². The van der Waals surface area contributed by atoms with E-state index < -0.39 is 11.1 Å². The summed E-state index contributed by atoms with van der Waals surface area (Å²) in [7, 11) is 1.67. The first kappa shape index (κ1) is 18.5. The van der Waals surface area contributed by atoms with Crippen molar-refractivity contribution in [2.24, 2.45) is 10.7 Å². The first-order valence-electron chi connectivity index (χ1n) is 9.96. The molecule has 0 radical (unpaired) electrons. The molecule has 2 aromatic carbocycles. The summed E-state index contributed by atoms with van der Waals surface area (Å²) in [5.41, 5.74) is 8.53. The van der Waals surface area contributed by atoms with E-state index in [0.29, 0.717) is 18.1 Å². The summed E-state index contributed by atoms with van der Waals surface area (Å²) in [6, 6.07) is 12.2. The van der Waals surface area contributed by atoms with E-state index in [0.717, 1.165) is 21.7 Å². The van der Waals surface area contributed by atoms with Crippen molar-refractivity contribution < 1.29 is 9.53 Å². The molecule has 3 aliphatic rings. The van der Waals surface area contributed by atoms with Gasteiger partial charge in [-0.1, -0.05) is 23.7 Å². The second kappa shape index (κ2) is 5.99. The predicted molar refractivity (Wildman–Crippen MR) is 114 cm³/mol. The zero-order chi connectivity index (χ0) is 20.6. The molecule has 1 spiro atoms. The molecule has 2 N–H and O–H groups in total. The van der Waals surface area contributed by atoms with Crippen LogP contribution in [0, 0.1) is 0 Å². The molecule has 0 aromatic heterocycles. The van der Waals surface area contributed by atoms with Crippen LogP contribution in [0.5, 0.6) is 5.75 Å². The van der Waals surface area contributed by atoms with Crippen LogP contribution in [-0.2, 0) is 10.3 Å². The van der Waals surface area contributed by atoms with Crippen molar-refractivity contribution in [2.45, 2.75) is 50.2 Å². The number of halogens is 1. The molecule has 2 heterocycles. The molecule has 1 saturated carbocycles. The van der Waals surface area contributed by atoms with Crippen LogP contribution in [0.1, 0.15) is 50.2 Å². The van der Waals surface area contributed by atoms with Crippen LogP contribution in [0.4, 0.5) is 0 Å². The maximum atomic E-state index is 13.3. The maximum Gasteiger partial charge on any atom is 0.261 e. The van der Waals surface area contributed by atoms with Gasteiger partial charge in [0.15, 0.2) is 11.5 Å². The van der Waals surface area contributed by atoms with Crippen molar-refractivity contribution in [2.75, 3.05) is 7.05 Å². The molecular weight excluding hydrogens is 386 g/mol. The summed E-state index contributed by atoms with van der Waals surface area (Å²) >= 11 is 6.41. The van der Waals surface area contributed by atoms with Crippen LogP contribution in [0.25, 0.3) is 11.1 Å². The van der Waals surface area contributed by atoms with E-state index in [1.54, 1.807) is 7.05 Å². The highest BCUT2D eigenvalue weighted by atomic mass is 35.5. The minimum absolute atomic E-state index is 0.116. The van der Waals surface area contributed by atoms with Gasteiger partial charge in [-0.2, -0.15) is 0 Å². The number of ether oxygens (including phenoxy) is 1. The number of rotatable bonds is 2. The Morgan fingerprint density at radius 2 is 1.93 bits per heavy atom. The van der Waals surface area contributed by atoms with Gasteiger partial charge in [-0.15, -0.1) is 0 Å². The van der Waals surface area contributed by atoms with E-state index in [1.807, 2.05) is 38.1 Å². The molecule has 0 bridgehead atoms. The number of nitrogens with zero attached hydrogens (tertiary/aromatic N) is 2. The van der Waals surface area contributed by atoms with Gasteiger partial charge in [0.25, 0.3) is 5.91 Å². The minimum atomic E-state index is -1.05. The Labute approximate surface area is 175 Å². The van der Waals surface area contributed by atoms with Crippen LogP contribution < -0.4 is 10.5 Å². The van der Waals surface area contributed by atoms with Gasteiger partial charge < -0.3 is 10.5 Å². The van der Waals surface area contributed by atoms with E-state index in [-0.39, 0.29) is 11.9 Å². The van der Waals surface area contributed by atoms with Crippen molar-refractivity contribution in [3.05, 3.63) is 52.5 Å². The third kappa shape index (κ3) is 2.91. The molecule has 2 aromatic rings. The molecule has 5 rings (SSSR count). The number of guanidine groups is 1. The predicted octanol–water partition coefficient (Wildman–Crippen LogP) is 4.43. The summed E-state index contributed by atoms with van der Waals surface area (Å²) in [6.07, 6.45) is 2.86. The Hall–Kier alpha value is -2.53. The van der Waals surface area contributed by atoms with Gasteiger partial charge in [-0.25, -0.2) is 4.99 Å². The lowest BCUT2D eigenvalue weighted by molar-refractivity contribution is -0.133. The van der Waals surface area contributed by atoms with Gasteiger partial charge in [-0.3, -0.25) is 9.69 Å². The van der Waals surface area contributed by atoms with Crippen molar-refractivity contribution >= 4 is 23.5 Å². The van der Waals surface area contributed by atoms with Crippen molar-refractivity contribution in [1.82, 2.24) is 4.90 Å². The van der Waals surface area contributed by atoms with Crippen molar-refractivity contribution in [3.63, 3.8) is 0 Å². The molecule has 5 nitrogen and oxygen atoms in total. The molecule has 29 heavy (non-hydrogen) atoms. The van der Waals surface area contributed by atoms with E-state index >= 15 is 0 Å². The minimum Gasteiger partial charge on any atom is -0.487 e. The summed E-state index contributed by atoms with van der Waals surface area (Å²) < 4.78 is 6.20. The Morgan fingerprint density at radius 3 is 2.59 bits per heavy atom. The van der Waals surface area contributed by atoms with Crippen molar-refractivity contribution in [3.8, 4) is 16.9 Å². The highest BCUT2D eigenvalue weighted by Gasteiger charge is 2.55. The molecule has 0 saturated heterocycles. The molecule has 1 fully saturated rings. The SMILES string of the molecule is CN1C(=O)C2(CC(C)(C)Oc3ccc(-c4cc(Cl)cc(C5CC5)c4)cc32)N=C1N. The standard InChI is InChI=1S/C23H24ClN3O2/c1-22(2)12-23(20(28)27(3)21(25)26-23)18-11-14(6-7-19(18)29-22)16-8-15(13-4-5-13)9-17(24)10-16/h6-11,13H,4-5,12H2,1-3H3,(H2,25,26). The molecule has 1 aliphatic carbocycles. The summed E-state index contributed by atoms with van der Waals surface area (Å²) in [6.45, 7) is 3.95. The van der Waals surface area contributed by atoms with E-state index in [2.05, 4.69) is 17.1 Å². The zero-order valence-corrected chi connectivity index (χ0v) is 17.6. The quantitative estimate of drug-likeness (QED) is 0.797. The lowest BCUT2D eigenvalue weighted by atomic mass is 9.77. The van der Waals surface area contributed by atoms with Crippen LogP contribution >= 0.6 is 11.6 Å². The molecule has 150 valence electrons. The van der Waals surface area contributed by atoms with Gasteiger partial charge in [0.1, 0.15) is 11.4 Å². The Balaban J connectivity index is 1.68. The van der Waals surface area contributed by atoms with Crippen LogP contribution in [0.3, 0.4) is 0 Å². The average molecular weight is 410 g/mol. The maximum absolute atomic E-state index is 13.3. The Bertz CT molecular complexity index is 1070. The number of aliphatic imine (C=N–C) groups is 1. The topological polar surface area (TPSA) is 67.9 Å². The highest BCUT2D eigenvalue weighted by Crippen LogP contribution is 2.50. The number of benzene rings is 2. The number of amides is 1. The van der Waals surface area contributed by atoms with E-state index in [9.17, 15) is 4.79 Å². The smallest absolute Gasteiger partial charge is 0.261 e. The molecular formula is C23H24ClN3O2. The molecule has 1 atom stereocenters. The summed E-state index contributed by atoms with van der Waals surface area (Å²) in [5.74, 6) is 1.40. The number of fused-ring (bicyclic) bond motifs is 2. The highest BCUT2D eigenvalue weighted by molar-refractivity contribution is 6.31. The third-order valence-electron chi connectivity index (χ3n) is 6.10. The number of nitrogens with two attached hydrogens (primary N) is 1. The van der Waals surface area contributed by atoms with E-state index in [1.165, 1.54) is 23.3 Å². The van der Waals surface area contributed by atoms with Gasteiger partial charge in [0, 0.05) is 24.1 Å². The molecule has 1 amide bonds. The fraction of sp³-hybridized carbons (Fsp3) is 0.391. The first-order chi connectivity index (χ1) is 13.7. The number of hydrogen-bond donors (Lipinski definition) is 1. The molecule has 1 unspecified atom stereocenters. The number of carbonyl (C=O) groups excluding carboxylic acids is 1. The molecule has 6 heteroatoms. The molecule has 2 aliphatic heterocycles. The lowest BCUT2D eigenvalue weighted by Gasteiger charge is -2.41. The van der Waals surface area contributed by atoms with Gasteiger partial charge >= 0.3 is 0 Å². The summed E-state index contributed by atoms with van der Waals surface area (Å²) in [4.78, 5) is 19.3. The summed E-state index contributed by atoms with van der Waals surface area (Å²) in [5, 5.41) is 0.730. The van der Waals surface area contributed by atoms with E-state index in [4.69, 9.17) is 22.1 Å². The first-order valence-corrected chi connectivity index (χ1v) is 10.3. The average Bonchev–Trinajstić information content (AvgIpc) is 3.47. The monoisotopic (exact) mass is 409 g/mol. The Morgan fingerprint density at radius 1 is 1.17 bits per heavy atom. The fourth-order valence-corrected chi connectivity index (χ4v) is 4.83. The van der Waals surface area contributed by atoms with Crippen LogP contribution in [0.15, 0.2) is 41.4 Å². The fourth-order valence-electron chi connectivity index (χ4n) is 4.59. The third-order valence-corrected chi connectivity index (χ3v) is 6.32. The normalized spacial score (nSPS) is 25.0.